The number of carbonyl (C=O) groups is 1. The Balaban J connectivity index is 1.43. The summed E-state index contributed by atoms with van der Waals surface area (Å²) in [5, 5.41) is 1.39. The van der Waals surface area contributed by atoms with Gasteiger partial charge in [0.2, 0.25) is 0 Å². The molecule has 0 saturated carbocycles. The Labute approximate surface area is 242 Å². The Morgan fingerprint density at radius 2 is 1.90 bits per heavy atom. The number of hydrogen-bond acceptors (Lipinski definition) is 6. The number of para-hydroxylation sites is 1. The molecule has 1 atom stereocenters. The van der Waals surface area contributed by atoms with Crippen molar-refractivity contribution in [3.63, 3.8) is 0 Å². The maximum absolute atomic E-state index is 13.7. The molecule has 0 aromatic heterocycles. The first-order valence-corrected chi connectivity index (χ1v) is 15.2. The number of morpholine rings is 1. The first-order valence-electron chi connectivity index (χ1n) is 14.0. The summed E-state index contributed by atoms with van der Waals surface area (Å²) < 4.78 is 5.47. The van der Waals surface area contributed by atoms with E-state index in [0.29, 0.717) is 22.4 Å². The first-order chi connectivity index (χ1) is 18.8. The molecule has 3 heterocycles. The van der Waals surface area contributed by atoms with Crippen LogP contribution in [0.25, 0.3) is 6.08 Å². The molecule has 2 aromatic carbocycles. The fourth-order valence-corrected chi connectivity index (χ4v) is 7.28. The number of halogens is 1. The number of amides is 1. The minimum atomic E-state index is -0.00480. The largest absolute Gasteiger partial charge is 0.379 e. The number of thioether (sulfide) groups is 1. The van der Waals surface area contributed by atoms with E-state index in [1.807, 2.05) is 41.3 Å². The third-order valence-electron chi connectivity index (χ3n) is 7.94. The van der Waals surface area contributed by atoms with Crippen molar-refractivity contribution < 1.29 is 9.53 Å². The van der Waals surface area contributed by atoms with Crippen LogP contribution in [0.4, 0.5) is 11.4 Å². The molecule has 0 spiro atoms. The molecule has 39 heavy (non-hydrogen) atoms. The lowest BCUT2D eigenvalue weighted by Crippen LogP contribution is -2.48. The summed E-state index contributed by atoms with van der Waals surface area (Å²) in [6.45, 7) is 15.0. The highest BCUT2D eigenvalue weighted by Gasteiger charge is 2.37. The maximum atomic E-state index is 13.7. The molecule has 0 bridgehead atoms. The number of rotatable bonds is 7. The molecule has 2 fully saturated rings. The van der Waals surface area contributed by atoms with Crippen LogP contribution in [0.2, 0.25) is 5.02 Å². The lowest BCUT2D eigenvalue weighted by Gasteiger charge is -2.47. The lowest BCUT2D eigenvalue weighted by atomic mass is 9.79. The Morgan fingerprint density at radius 1 is 1.15 bits per heavy atom. The van der Waals surface area contributed by atoms with Crippen LogP contribution in [0.3, 0.4) is 0 Å². The minimum Gasteiger partial charge on any atom is -0.379 e. The second kappa shape index (κ2) is 12.0. The molecule has 0 radical (unpaired) electrons. The second-order valence-corrected chi connectivity index (χ2v) is 12.6. The SMILES string of the molecule is CCN1c2cc(Cl)c(/C=C3/SC(=Nc4ccccc4)N(CCCN4CCOCC4)C3=O)cc2C(C)CC1(C)C. The van der Waals surface area contributed by atoms with Crippen molar-refractivity contribution in [2.24, 2.45) is 4.99 Å². The molecular weight excluding hydrogens is 528 g/mol. The van der Waals surface area contributed by atoms with Gasteiger partial charge in [0.15, 0.2) is 5.17 Å². The number of carbonyl (C=O) groups excluding carboxylic acids is 1. The Hall–Kier alpha value is -2.32. The van der Waals surface area contributed by atoms with Crippen molar-refractivity contribution in [1.82, 2.24) is 9.80 Å². The summed E-state index contributed by atoms with van der Waals surface area (Å²) >= 11 is 8.31. The Bertz CT molecular complexity index is 1260. The van der Waals surface area contributed by atoms with Gasteiger partial charge in [-0.1, -0.05) is 36.7 Å². The van der Waals surface area contributed by atoms with E-state index < -0.39 is 0 Å². The van der Waals surface area contributed by atoms with E-state index in [1.165, 1.54) is 23.0 Å². The molecule has 1 amide bonds. The fourth-order valence-electron chi connectivity index (χ4n) is 6.05. The summed E-state index contributed by atoms with van der Waals surface area (Å²) in [7, 11) is 0. The zero-order valence-corrected chi connectivity index (χ0v) is 25.0. The topological polar surface area (TPSA) is 48.4 Å². The number of benzene rings is 2. The molecule has 2 saturated heterocycles. The van der Waals surface area contributed by atoms with Gasteiger partial charge < -0.3 is 9.64 Å². The van der Waals surface area contributed by atoms with Gasteiger partial charge in [-0.2, -0.15) is 0 Å². The van der Waals surface area contributed by atoms with Crippen LogP contribution in [0, 0.1) is 0 Å². The smallest absolute Gasteiger partial charge is 0.266 e. The van der Waals surface area contributed by atoms with Gasteiger partial charge in [-0.3, -0.25) is 14.6 Å². The highest BCUT2D eigenvalue weighted by molar-refractivity contribution is 8.18. The van der Waals surface area contributed by atoms with Gasteiger partial charge in [0.05, 0.1) is 23.8 Å². The van der Waals surface area contributed by atoms with Crippen LogP contribution in [-0.2, 0) is 9.53 Å². The highest BCUT2D eigenvalue weighted by atomic mass is 35.5. The van der Waals surface area contributed by atoms with Crippen LogP contribution in [0.1, 0.15) is 57.6 Å². The summed E-state index contributed by atoms with van der Waals surface area (Å²) in [4.78, 5) is 25.9. The predicted molar refractivity (Wildman–Crippen MR) is 164 cm³/mol. The monoisotopic (exact) mass is 566 g/mol. The normalized spacial score (nSPS) is 23.6. The van der Waals surface area contributed by atoms with Gasteiger partial charge >= 0.3 is 0 Å². The van der Waals surface area contributed by atoms with Gasteiger partial charge in [-0.15, -0.1) is 0 Å². The molecule has 208 valence electrons. The van der Waals surface area contributed by atoms with E-state index in [0.717, 1.165) is 68.7 Å². The van der Waals surface area contributed by atoms with E-state index in [4.69, 9.17) is 21.3 Å². The minimum absolute atomic E-state index is 0.00480. The van der Waals surface area contributed by atoms with Crippen LogP contribution in [-0.4, -0.2) is 72.4 Å². The zero-order chi connectivity index (χ0) is 27.6. The van der Waals surface area contributed by atoms with Crippen molar-refractivity contribution in [3.8, 4) is 0 Å². The number of hydrogen-bond donors (Lipinski definition) is 0. The molecule has 2 aromatic rings. The molecule has 1 unspecified atom stereocenters. The number of anilines is 1. The lowest BCUT2D eigenvalue weighted by molar-refractivity contribution is -0.122. The average Bonchev–Trinajstić information content (AvgIpc) is 3.19. The van der Waals surface area contributed by atoms with Crippen LogP contribution < -0.4 is 4.90 Å². The van der Waals surface area contributed by atoms with Crippen molar-refractivity contribution in [3.05, 3.63) is 63.5 Å². The van der Waals surface area contributed by atoms with Crippen molar-refractivity contribution in [2.45, 2.75) is 52.0 Å². The van der Waals surface area contributed by atoms with Gasteiger partial charge in [0.25, 0.3) is 5.91 Å². The molecule has 0 aliphatic carbocycles. The van der Waals surface area contributed by atoms with Crippen LogP contribution in [0.5, 0.6) is 0 Å². The number of aliphatic imine (C=N–C) groups is 1. The summed E-state index contributed by atoms with van der Waals surface area (Å²) in [5.74, 6) is 0.404. The number of fused-ring (bicyclic) bond motifs is 1. The van der Waals surface area contributed by atoms with Crippen molar-refractivity contribution in [1.29, 1.82) is 0 Å². The predicted octanol–water partition coefficient (Wildman–Crippen LogP) is 6.78. The van der Waals surface area contributed by atoms with Crippen molar-refractivity contribution >= 4 is 51.9 Å². The second-order valence-electron chi connectivity index (χ2n) is 11.2. The Kier molecular flexibility index (Phi) is 8.72. The maximum Gasteiger partial charge on any atom is 0.266 e. The highest BCUT2D eigenvalue weighted by Crippen LogP contribution is 2.46. The van der Waals surface area contributed by atoms with Crippen molar-refractivity contribution in [2.75, 3.05) is 50.8 Å². The Morgan fingerprint density at radius 3 is 2.62 bits per heavy atom. The average molecular weight is 567 g/mol. The quantitative estimate of drug-likeness (QED) is 0.346. The van der Waals surface area contributed by atoms with E-state index in [2.05, 4.69) is 49.6 Å². The molecule has 8 heteroatoms. The summed E-state index contributed by atoms with van der Waals surface area (Å²) in [5.41, 5.74) is 4.31. The number of ether oxygens (including phenoxy) is 1. The molecule has 3 aliphatic heterocycles. The third-order valence-corrected chi connectivity index (χ3v) is 9.27. The first kappa shape index (κ1) is 28.2. The third kappa shape index (κ3) is 6.22. The molecular formula is C31H39ClN4O2S. The van der Waals surface area contributed by atoms with Gasteiger partial charge in [0.1, 0.15) is 0 Å². The standard InChI is InChI=1S/C31H39ClN4O2S/c1-5-36-27-20-26(32)23(18-25(27)22(2)21-31(36,3)4)19-28-29(37)35(13-9-12-34-14-16-38-17-15-34)30(39-28)33-24-10-7-6-8-11-24/h6-8,10-11,18-20,22H,5,9,12-17,21H2,1-4H3/b28-19+,33-30?. The molecule has 3 aliphatic rings. The van der Waals surface area contributed by atoms with E-state index >= 15 is 0 Å². The van der Waals surface area contributed by atoms with Crippen LogP contribution in [0.15, 0.2) is 52.4 Å². The fraction of sp³-hybridized carbons (Fsp3) is 0.484. The van der Waals surface area contributed by atoms with Crippen LogP contribution >= 0.6 is 23.4 Å². The number of amidine groups is 1. The molecule has 5 rings (SSSR count). The molecule has 0 N–H and O–H groups in total. The van der Waals surface area contributed by atoms with E-state index in [-0.39, 0.29) is 11.4 Å². The van der Waals surface area contributed by atoms with Gasteiger partial charge in [-0.05, 0) is 92.8 Å². The zero-order valence-electron chi connectivity index (χ0n) is 23.5. The van der Waals surface area contributed by atoms with Gasteiger partial charge in [-0.25, -0.2) is 4.99 Å². The number of nitrogens with zero attached hydrogens (tertiary/aromatic N) is 4. The summed E-state index contributed by atoms with van der Waals surface area (Å²) in [6.07, 6.45) is 3.91. The van der Waals surface area contributed by atoms with E-state index in [9.17, 15) is 4.79 Å². The molecule has 6 nitrogen and oxygen atoms in total. The summed E-state index contributed by atoms with van der Waals surface area (Å²) in [6, 6.07) is 14.1. The van der Waals surface area contributed by atoms with Gasteiger partial charge in [0, 0.05) is 49.0 Å². The van der Waals surface area contributed by atoms with E-state index in [1.54, 1.807) is 0 Å².